The van der Waals surface area contributed by atoms with E-state index in [1.165, 1.54) is 38.2 Å². The highest BCUT2D eigenvalue weighted by atomic mass is 79.9. The molecule has 0 bridgehead atoms. The maximum absolute atomic E-state index is 14.2. The van der Waals surface area contributed by atoms with Crippen LogP contribution in [0.1, 0.15) is 43.7 Å². The van der Waals surface area contributed by atoms with Gasteiger partial charge in [0, 0.05) is 22.6 Å². The maximum atomic E-state index is 14.2. The zero-order valence-electron chi connectivity index (χ0n) is 11.7. The fraction of sp³-hybridized carbons (Fsp3) is 0.625. The van der Waals surface area contributed by atoms with Crippen molar-refractivity contribution in [3.63, 3.8) is 0 Å². The molecule has 0 spiro atoms. The SMILES string of the molecule is NCC(c1cc(Br)ccc1F)N1CCC2CCCCC21. The molecule has 1 saturated heterocycles. The quantitative estimate of drug-likeness (QED) is 0.905. The van der Waals surface area contributed by atoms with Gasteiger partial charge < -0.3 is 5.73 Å². The van der Waals surface area contributed by atoms with Crippen LogP contribution in [-0.2, 0) is 0 Å². The van der Waals surface area contributed by atoms with Crippen molar-refractivity contribution in [1.29, 1.82) is 0 Å². The van der Waals surface area contributed by atoms with Gasteiger partial charge in [0.1, 0.15) is 5.82 Å². The van der Waals surface area contributed by atoms with Gasteiger partial charge in [0.25, 0.3) is 0 Å². The lowest BCUT2D eigenvalue weighted by atomic mass is 9.84. The van der Waals surface area contributed by atoms with Crippen molar-refractivity contribution in [3.05, 3.63) is 34.1 Å². The van der Waals surface area contributed by atoms with Gasteiger partial charge in [-0.25, -0.2) is 4.39 Å². The molecule has 3 atom stereocenters. The second-order valence-corrected chi connectivity index (χ2v) is 6.97. The van der Waals surface area contributed by atoms with E-state index in [0.717, 1.165) is 22.5 Å². The lowest BCUT2D eigenvalue weighted by Crippen LogP contribution is -2.40. The maximum Gasteiger partial charge on any atom is 0.128 e. The molecule has 1 aliphatic carbocycles. The van der Waals surface area contributed by atoms with Crippen molar-refractivity contribution < 1.29 is 4.39 Å². The predicted octanol–water partition coefficient (Wildman–Crippen LogP) is 3.85. The molecule has 110 valence electrons. The third-order valence-electron chi connectivity index (χ3n) is 4.99. The number of hydrogen-bond acceptors (Lipinski definition) is 2. The molecular formula is C16H22BrFN2. The number of likely N-dealkylation sites (tertiary alicyclic amines) is 1. The van der Waals surface area contributed by atoms with E-state index < -0.39 is 0 Å². The van der Waals surface area contributed by atoms with E-state index in [2.05, 4.69) is 20.8 Å². The van der Waals surface area contributed by atoms with Crippen LogP contribution in [0, 0.1) is 11.7 Å². The van der Waals surface area contributed by atoms with E-state index >= 15 is 0 Å². The van der Waals surface area contributed by atoms with Gasteiger partial charge in [0.15, 0.2) is 0 Å². The van der Waals surface area contributed by atoms with Crippen LogP contribution in [0.2, 0.25) is 0 Å². The lowest BCUT2D eigenvalue weighted by Gasteiger charge is -2.37. The fourth-order valence-corrected chi connectivity index (χ4v) is 4.42. The monoisotopic (exact) mass is 340 g/mol. The normalized spacial score (nSPS) is 28.4. The summed E-state index contributed by atoms with van der Waals surface area (Å²) < 4.78 is 15.1. The summed E-state index contributed by atoms with van der Waals surface area (Å²) in [5, 5.41) is 0. The van der Waals surface area contributed by atoms with Crippen molar-refractivity contribution in [2.45, 2.75) is 44.2 Å². The van der Waals surface area contributed by atoms with E-state index in [0.29, 0.717) is 12.6 Å². The Morgan fingerprint density at radius 3 is 2.90 bits per heavy atom. The first-order valence-electron chi connectivity index (χ1n) is 7.61. The van der Waals surface area contributed by atoms with Crippen LogP contribution >= 0.6 is 15.9 Å². The largest absolute Gasteiger partial charge is 0.329 e. The summed E-state index contributed by atoms with van der Waals surface area (Å²) >= 11 is 3.45. The molecule has 1 aromatic carbocycles. The van der Waals surface area contributed by atoms with Gasteiger partial charge in [-0.15, -0.1) is 0 Å². The molecule has 2 aliphatic rings. The first-order chi connectivity index (χ1) is 9.70. The van der Waals surface area contributed by atoms with Crippen LogP contribution in [0.25, 0.3) is 0 Å². The number of nitrogens with two attached hydrogens (primary N) is 1. The molecule has 20 heavy (non-hydrogen) atoms. The average molecular weight is 341 g/mol. The summed E-state index contributed by atoms with van der Waals surface area (Å²) in [4.78, 5) is 2.47. The summed E-state index contributed by atoms with van der Waals surface area (Å²) in [5.41, 5.74) is 6.75. The minimum Gasteiger partial charge on any atom is -0.329 e. The summed E-state index contributed by atoms with van der Waals surface area (Å²) in [6, 6.07) is 5.80. The minimum absolute atomic E-state index is 0.0144. The molecule has 0 radical (unpaired) electrons. The number of fused-ring (bicyclic) bond motifs is 1. The van der Waals surface area contributed by atoms with Gasteiger partial charge in [-0.1, -0.05) is 28.8 Å². The van der Waals surface area contributed by atoms with Crippen LogP contribution in [0.3, 0.4) is 0 Å². The summed E-state index contributed by atoms with van der Waals surface area (Å²) in [5.74, 6) is 0.663. The molecule has 3 rings (SSSR count). The molecule has 0 aromatic heterocycles. The minimum atomic E-state index is -0.136. The van der Waals surface area contributed by atoms with Crippen molar-refractivity contribution in [2.24, 2.45) is 11.7 Å². The zero-order valence-corrected chi connectivity index (χ0v) is 13.3. The number of rotatable bonds is 3. The molecule has 4 heteroatoms. The van der Waals surface area contributed by atoms with Gasteiger partial charge in [0.05, 0.1) is 6.04 Å². The van der Waals surface area contributed by atoms with E-state index in [1.807, 2.05) is 6.07 Å². The Balaban J connectivity index is 1.88. The molecule has 2 N–H and O–H groups in total. The second kappa shape index (κ2) is 6.12. The first-order valence-corrected chi connectivity index (χ1v) is 8.40. The molecule has 1 saturated carbocycles. The van der Waals surface area contributed by atoms with Gasteiger partial charge in [-0.2, -0.15) is 0 Å². The third-order valence-corrected chi connectivity index (χ3v) is 5.49. The highest BCUT2D eigenvalue weighted by molar-refractivity contribution is 9.10. The lowest BCUT2D eigenvalue weighted by molar-refractivity contribution is 0.133. The smallest absolute Gasteiger partial charge is 0.128 e. The van der Waals surface area contributed by atoms with Crippen LogP contribution < -0.4 is 5.73 Å². The van der Waals surface area contributed by atoms with E-state index in [-0.39, 0.29) is 11.9 Å². The number of halogens is 2. The standard InChI is InChI=1S/C16H22BrFN2/c17-12-5-6-14(18)13(9-12)16(10-19)20-8-7-11-3-1-2-4-15(11)20/h5-6,9,11,15-16H,1-4,7-8,10,19H2. The van der Waals surface area contributed by atoms with E-state index in [9.17, 15) is 4.39 Å². The summed E-state index contributed by atoms with van der Waals surface area (Å²) in [6.45, 7) is 1.54. The highest BCUT2D eigenvalue weighted by Gasteiger charge is 2.39. The Labute approximate surface area is 128 Å². The van der Waals surface area contributed by atoms with Crippen LogP contribution in [0.15, 0.2) is 22.7 Å². The zero-order chi connectivity index (χ0) is 14.1. The second-order valence-electron chi connectivity index (χ2n) is 6.06. The van der Waals surface area contributed by atoms with Crippen LogP contribution in [0.4, 0.5) is 4.39 Å². The Kier molecular flexibility index (Phi) is 4.43. The molecule has 1 aliphatic heterocycles. The Morgan fingerprint density at radius 2 is 2.10 bits per heavy atom. The first kappa shape index (κ1) is 14.5. The van der Waals surface area contributed by atoms with Gasteiger partial charge in [0.2, 0.25) is 0 Å². The van der Waals surface area contributed by atoms with Gasteiger partial charge >= 0.3 is 0 Å². The predicted molar refractivity (Wildman–Crippen MR) is 83.0 cm³/mol. The molecule has 2 fully saturated rings. The molecular weight excluding hydrogens is 319 g/mol. The molecule has 3 unspecified atom stereocenters. The number of benzene rings is 1. The van der Waals surface area contributed by atoms with Crippen molar-refractivity contribution in [3.8, 4) is 0 Å². The van der Waals surface area contributed by atoms with Gasteiger partial charge in [-0.05, 0) is 49.9 Å². The molecule has 1 heterocycles. The van der Waals surface area contributed by atoms with Crippen molar-refractivity contribution in [2.75, 3.05) is 13.1 Å². The van der Waals surface area contributed by atoms with Crippen molar-refractivity contribution >= 4 is 15.9 Å². The highest BCUT2D eigenvalue weighted by Crippen LogP contribution is 2.41. The number of hydrogen-bond donors (Lipinski definition) is 1. The summed E-state index contributed by atoms with van der Waals surface area (Å²) in [6.07, 6.45) is 6.48. The fourth-order valence-electron chi connectivity index (χ4n) is 4.04. The van der Waals surface area contributed by atoms with Gasteiger partial charge in [-0.3, -0.25) is 4.90 Å². The average Bonchev–Trinajstić information content (AvgIpc) is 2.88. The topological polar surface area (TPSA) is 29.3 Å². The van der Waals surface area contributed by atoms with Crippen molar-refractivity contribution in [1.82, 2.24) is 4.90 Å². The van der Waals surface area contributed by atoms with Crippen LogP contribution in [-0.4, -0.2) is 24.0 Å². The molecule has 2 nitrogen and oxygen atoms in total. The Bertz CT molecular complexity index is 480. The summed E-state index contributed by atoms with van der Waals surface area (Å²) in [7, 11) is 0. The number of nitrogens with zero attached hydrogens (tertiary/aromatic N) is 1. The van der Waals surface area contributed by atoms with E-state index in [4.69, 9.17) is 5.73 Å². The molecule has 0 amide bonds. The Morgan fingerprint density at radius 1 is 1.30 bits per heavy atom. The molecule has 1 aromatic rings. The third kappa shape index (κ3) is 2.66. The Hall–Kier alpha value is -0.450. The van der Waals surface area contributed by atoms with Crippen LogP contribution in [0.5, 0.6) is 0 Å². The van der Waals surface area contributed by atoms with E-state index in [1.54, 1.807) is 6.07 Å².